The molecule has 0 amide bonds. The summed E-state index contributed by atoms with van der Waals surface area (Å²) in [7, 11) is 0. The molecule has 0 bridgehead atoms. The zero-order valence-corrected chi connectivity index (χ0v) is 10.4. The summed E-state index contributed by atoms with van der Waals surface area (Å²) in [5.74, 6) is 1.33. The lowest BCUT2D eigenvalue weighted by atomic mass is 9.99. The van der Waals surface area contributed by atoms with Crippen LogP contribution < -0.4 is 11.1 Å². The van der Waals surface area contributed by atoms with Gasteiger partial charge in [-0.25, -0.2) is 4.98 Å². The van der Waals surface area contributed by atoms with E-state index >= 15 is 0 Å². The van der Waals surface area contributed by atoms with Crippen molar-refractivity contribution >= 4 is 11.5 Å². The van der Waals surface area contributed by atoms with Gasteiger partial charge in [0.1, 0.15) is 5.82 Å². The molecule has 3 nitrogen and oxygen atoms in total. The first kappa shape index (κ1) is 12.8. The molecule has 1 heterocycles. The van der Waals surface area contributed by atoms with Gasteiger partial charge in [0.15, 0.2) is 0 Å². The number of pyridine rings is 1. The number of nitrogen functional groups attached to an aromatic ring is 1. The molecule has 0 spiro atoms. The smallest absolute Gasteiger partial charge is 0.146 e. The van der Waals surface area contributed by atoms with Gasteiger partial charge in [0.25, 0.3) is 0 Å². The Morgan fingerprint density at radius 2 is 2.25 bits per heavy atom. The number of nitrogens with zero attached hydrogens (tertiary/aromatic N) is 1. The molecule has 0 aliphatic heterocycles. The van der Waals surface area contributed by atoms with Crippen LogP contribution in [-0.4, -0.2) is 11.5 Å². The first-order chi connectivity index (χ1) is 7.77. The van der Waals surface area contributed by atoms with Crippen LogP contribution in [0.4, 0.5) is 11.5 Å². The number of nitrogens with one attached hydrogen (secondary N) is 1. The largest absolute Gasteiger partial charge is 0.382 e. The van der Waals surface area contributed by atoms with E-state index in [1.165, 1.54) is 25.7 Å². The highest BCUT2D eigenvalue weighted by Crippen LogP contribution is 2.17. The van der Waals surface area contributed by atoms with Crippen molar-refractivity contribution in [3.63, 3.8) is 0 Å². The van der Waals surface area contributed by atoms with Crippen LogP contribution in [0, 0.1) is 5.92 Å². The Morgan fingerprint density at radius 3 is 2.88 bits per heavy atom. The van der Waals surface area contributed by atoms with Crippen LogP contribution in [0.2, 0.25) is 0 Å². The van der Waals surface area contributed by atoms with Gasteiger partial charge in [-0.1, -0.05) is 33.1 Å². The minimum atomic E-state index is 0.591. The molecule has 1 rings (SSSR count). The molecule has 1 aromatic heterocycles. The van der Waals surface area contributed by atoms with Crippen molar-refractivity contribution in [2.24, 2.45) is 5.92 Å². The third-order valence-electron chi connectivity index (χ3n) is 2.96. The SMILES string of the molecule is CCCCC(CC)CNc1cccnc1N. The van der Waals surface area contributed by atoms with Crippen molar-refractivity contribution in [2.75, 3.05) is 17.6 Å². The first-order valence-corrected chi connectivity index (χ1v) is 6.22. The number of hydrogen-bond acceptors (Lipinski definition) is 3. The molecule has 0 fully saturated rings. The number of aromatic nitrogens is 1. The Balaban J connectivity index is 2.40. The lowest BCUT2D eigenvalue weighted by molar-refractivity contribution is 0.473. The topological polar surface area (TPSA) is 50.9 Å². The summed E-state index contributed by atoms with van der Waals surface area (Å²) in [6, 6.07) is 3.89. The average Bonchev–Trinajstić information content (AvgIpc) is 2.31. The highest BCUT2D eigenvalue weighted by atomic mass is 14.9. The Hall–Kier alpha value is -1.25. The monoisotopic (exact) mass is 221 g/mol. The van der Waals surface area contributed by atoms with Crippen molar-refractivity contribution < 1.29 is 0 Å². The fourth-order valence-corrected chi connectivity index (χ4v) is 1.76. The third kappa shape index (κ3) is 4.09. The van der Waals surface area contributed by atoms with Gasteiger partial charge in [-0.15, -0.1) is 0 Å². The van der Waals surface area contributed by atoms with Crippen molar-refractivity contribution in [1.82, 2.24) is 4.98 Å². The van der Waals surface area contributed by atoms with E-state index in [0.29, 0.717) is 5.82 Å². The van der Waals surface area contributed by atoms with E-state index in [2.05, 4.69) is 24.1 Å². The summed E-state index contributed by atoms with van der Waals surface area (Å²) in [4.78, 5) is 4.06. The van der Waals surface area contributed by atoms with Gasteiger partial charge in [-0.05, 0) is 24.5 Å². The second kappa shape index (κ2) is 7.09. The number of unbranched alkanes of at least 4 members (excludes halogenated alkanes) is 1. The molecule has 0 saturated heterocycles. The molecule has 1 unspecified atom stereocenters. The molecule has 0 aliphatic carbocycles. The molecule has 0 saturated carbocycles. The van der Waals surface area contributed by atoms with Gasteiger partial charge in [0.05, 0.1) is 5.69 Å². The van der Waals surface area contributed by atoms with Crippen molar-refractivity contribution in [2.45, 2.75) is 39.5 Å². The molecule has 16 heavy (non-hydrogen) atoms. The van der Waals surface area contributed by atoms with Gasteiger partial charge in [0.2, 0.25) is 0 Å². The van der Waals surface area contributed by atoms with E-state index in [-0.39, 0.29) is 0 Å². The van der Waals surface area contributed by atoms with Gasteiger partial charge < -0.3 is 11.1 Å². The van der Waals surface area contributed by atoms with Crippen molar-refractivity contribution in [3.8, 4) is 0 Å². The lowest BCUT2D eigenvalue weighted by Crippen LogP contribution is -2.14. The molecular formula is C13H23N3. The van der Waals surface area contributed by atoms with E-state index in [4.69, 9.17) is 5.73 Å². The standard InChI is InChI=1S/C13H23N3/c1-3-5-7-11(4-2)10-16-12-8-6-9-15-13(12)14/h6,8-9,11,16H,3-5,7,10H2,1-2H3,(H2,14,15). The lowest BCUT2D eigenvalue weighted by Gasteiger charge is -2.16. The summed E-state index contributed by atoms with van der Waals surface area (Å²) in [5.41, 5.74) is 6.73. The average molecular weight is 221 g/mol. The zero-order valence-electron chi connectivity index (χ0n) is 10.4. The fraction of sp³-hybridized carbons (Fsp3) is 0.615. The summed E-state index contributed by atoms with van der Waals surface area (Å²) in [6.07, 6.45) is 6.80. The number of rotatable bonds is 7. The van der Waals surface area contributed by atoms with Crippen LogP contribution in [0.1, 0.15) is 39.5 Å². The van der Waals surface area contributed by atoms with E-state index in [9.17, 15) is 0 Å². The van der Waals surface area contributed by atoms with Crippen molar-refractivity contribution in [1.29, 1.82) is 0 Å². The van der Waals surface area contributed by atoms with Gasteiger partial charge in [0, 0.05) is 12.7 Å². The molecule has 1 atom stereocenters. The predicted octanol–water partition coefficient (Wildman–Crippen LogP) is 3.29. The van der Waals surface area contributed by atoms with E-state index in [1.807, 2.05) is 12.1 Å². The summed E-state index contributed by atoms with van der Waals surface area (Å²) in [6.45, 7) is 5.47. The predicted molar refractivity (Wildman–Crippen MR) is 70.4 cm³/mol. The number of nitrogens with two attached hydrogens (primary N) is 1. The summed E-state index contributed by atoms with van der Waals surface area (Å²) < 4.78 is 0. The Labute approximate surface area is 98.5 Å². The maximum absolute atomic E-state index is 5.77. The Bertz CT molecular complexity index is 299. The van der Waals surface area contributed by atoms with Gasteiger partial charge in [-0.2, -0.15) is 0 Å². The molecule has 0 aromatic carbocycles. The highest BCUT2D eigenvalue weighted by molar-refractivity contribution is 5.60. The summed E-state index contributed by atoms with van der Waals surface area (Å²) >= 11 is 0. The maximum atomic E-state index is 5.77. The molecule has 0 radical (unpaired) electrons. The molecule has 3 N–H and O–H groups in total. The molecule has 1 aromatic rings. The second-order valence-corrected chi connectivity index (χ2v) is 4.23. The third-order valence-corrected chi connectivity index (χ3v) is 2.96. The quantitative estimate of drug-likeness (QED) is 0.742. The van der Waals surface area contributed by atoms with Crippen LogP contribution in [0.5, 0.6) is 0 Å². The Kier molecular flexibility index (Phi) is 5.68. The number of anilines is 2. The summed E-state index contributed by atoms with van der Waals surface area (Å²) in [5, 5.41) is 3.39. The minimum absolute atomic E-state index is 0.591. The molecule has 0 aliphatic rings. The van der Waals surface area contributed by atoms with E-state index < -0.39 is 0 Å². The van der Waals surface area contributed by atoms with Gasteiger partial charge in [-0.3, -0.25) is 0 Å². The van der Waals surface area contributed by atoms with Crippen LogP contribution in [0.3, 0.4) is 0 Å². The molecule has 3 heteroatoms. The van der Waals surface area contributed by atoms with Crippen LogP contribution in [0.15, 0.2) is 18.3 Å². The van der Waals surface area contributed by atoms with E-state index in [1.54, 1.807) is 6.20 Å². The first-order valence-electron chi connectivity index (χ1n) is 6.22. The molecular weight excluding hydrogens is 198 g/mol. The van der Waals surface area contributed by atoms with Crippen LogP contribution in [0.25, 0.3) is 0 Å². The Morgan fingerprint density at radius 1 is 1.44 bits per heavy atom. The highest BCUT2D eigenvalue weighted by Gasteiger charge is 2.06. The zero-order chi connectivity index (χ0) is 11.8. The van der Waals surface area contributed by atoms with Crippen LogP contribution in [-0.2, 0) is 0 Å². The van der Waals surface area contributed by atoms with Crippen LogP contribution >= 0.6 is 0 Å². The number of hydrogen-bond donors (Lipinski definition) is 2. The normalized spacial score (nSPS) is 12.4. The maximum Gasteiger partial charge on any atom is 0.146 e. The van der Waals surface area contributed by atoms with Gasteiger partial charge >= 0.3 is 0 Å². The molecule has 90 valence electrons. The second-order valence-electron chi connectivity index (χ2n) is 4.23. The van der Waals surface area contributed by atoms with Crippen molar-refractivity contribution in [3.05, 3.63) is 18.3 Å². The fourth-order valence-electron chi connectivity index (χ4n) is 1.76. The van der Waals surface area contributed by atoms with E-state index in [0.717, 1.165) is 18.2 Å². The minimum Gasteiger partial charge on any atom is -0.382 e.